The van der Waals surface area contributed by atoms with E-state index in [2.05, 4.69) is 24.1 Å². The smallest absolute Gasteiger partial charge is 0.240 e. The monoisotopic (exact) mass is 281 g/mol. The summed E-state index contributed by atoms with van der Waals surface area (Å²) in [5.74, 6) is 0.843. The standard InChI is InChI=1S/C16H31N3O/c1-13-7-6-10-19(12-13)14(2)11-18-15(20)16(17)8-4-3-5-9-16/h13-14H,3-12,17H2,1-2H3,(H,18,20). The van der Waals surface area contributed by atoms with Gasteiger partial charge in [-0.1, -0.05) is 26.2 Å². The maximum absolute atomic E-state index is 12.3. The highest BCUT2D eigenvalue weighted by Gasteiger charge is 2.35. The molecule has 2 aliphatic rings. The number of hydrogen-bond donors (Lipinski definition) is 2. The molecule has 0 aromatic carbocycles. The van der Waals surface area contributed by atoms with Crippen molar-refractivity contribution >= 4 is 5.91 Å². The Balaban J connectivity index is 1.77. The first-order chi connectivity index (χ1) is 9.51. The molecule has 2 fully saturated rings. The number of carbonyl (C=O) groups is 1. The van der Waals surface area contributed by atoms with E-state index in [0.29, 0.717) is 6.04 Å². The van der Waals surface area contributed by atoms with Gasteiger partial charge < -0.3 is 11.1 Å². The van der Waals surface area contributed by atoms with E-state index in [4.69, 9.17) is 5.73 Å². The lowest BCUT2D eigenvalue weighted by Gasteiger charge is -2.37. The average Bonchev–Trinajstić information content (AvgIpc) is 2.45. The van der Waals surface area contributed by atoms with Gasteiger partial charge in [0.05, 0.1) is 5.54 Å². The largest absolute Gasteiger partial charge is 0.353 e. The van der Waals surface area contributed by atoms with E-state index in [1.54, 1.807) is 0 Å². The van der Waals surface area contributed by atoms with Crippen LogP contribution < -0.4 is 11.1 Å². The van der Waals surface area contributed by atoms with E-state index >= 15 is 0 Å². The number of carbonyl (C=O) groups excluding carboxylic acids is 1. The second kappa shape index (κ2) is 6.90. The van der Waals surface area contributed by atoms with Gasteiger partial charge >= 0.3 is 0 Å². The van der Waals surface area contributed by atoms with Crippen LogP contribution in [0.4, 0.5) is 0 Å². The van der Waals surface area contributed by atoms with Crippen molar-refractivity contribution in [2.24, 2.45) is 11.7 Å². The number of nitrogens with one attached hydrogen (secondary N) is 1. The van der Waals surface area contributed by atoms with Crippen LogP contribution in [0.15, 0.2) is 0 Å². The fourth-order valence-electron chi connectivity index (χ4n) is 3.58. The number of rotatable bonds is 4. The van der Waals surface area contributed by atoms with Gasteiger partial charge in [0.25, 0.3) is 0 Å². The maximum atomic E-state index is 12.3. The third-order valence-corrected chi connectivity index (χ3v) is 5.07. The number of piperidine rings is 1. The van der Waals surface area contributed by atoms with Crippen LogP contribution in [0.25, 0.3) is 0 Å². The van der Waals surface area contributed by atoms with Gasteiger partial charge in [0.1, 0.15) is 0 Å². The Morgan fingerprint density at radius 1 is 1.35 bits per heavy atom. The fourth-order valence-corrected chi connectivity index (χ4v) is 3.58. The molecule has 0 aromatic heterocycles. The molecule has 2 atom stereocenters. The lowest BCUT2D eigenvalue weighted by Crippen LogP contribution is -2.57. The van der Waals surface area contributed by atoms with Gasteiger partial charge in [-0.05, 0) is 45.1 Å². The molecule has 1 aliphatic heterocycles. The molecule has 4 nitrogen and oxygen atoms in total. The van der Waals surface area contributed by atoms with Gasteiger partial charge in [-0.15, -0.1) is 0 Å². The molecular formula is C16H31N3O. The SMILES string of the molecule is CC1CCCN(C(C)CNC(=O)C2(N)CCCCC2)C1. The molecule has 1 saturated carbocycles. The fraction of sp³-hybridized carbons (Fsp3) is 0.938. The van der Waals surface area contributed by atoms with Crippen LogP contribution >= 0.6 is 0 Å². The third kappa shape index (κ3) is 3.95. The topological polar surface area (TPSA) is 58.4 Å². The van der Waals surface area contributed by atoms with Crippen LogP contribution in [0.5, 0.6) is 0 Å². The van der Waals surface area contributed by atoms with E-state index in [-0.39, 0.29) is 5.91 Å². The first-order valence-corrected chi connectivity index (χ1v) is 8.32. The van der Waals surface area contributed by atoms with E-state index in [1.807, 2.05) is 0 Å². The first kappa shape index (κ1) is 15.8. The van der Waals surface area contributed by atoms with Gasteiger partial charge in [-0.2, -0.15) is 0 Å². The van der Waals surface area contributed by atoms with Crippen molar-refractivity contribution in [1.29, 1.82) is 0 Å². The normalized spacial score (nSPS) is 28.9. The Morgan fingerprint density at radius 3 is 2.70 bits per heavy atom. The summed E-state index contributed by atoms with van der Waals surface area (Å²) in [7, 11) is 0. The van der Waals surface area contributed by atoms with Gasteiger partial charge in [0.15, 0.2) is 0 Å². The molecule has 1 heterocycles. The Bertz CT molecular complexity index is 326. The summed E-state index contributed by atoms with van der Waals surface area (Å²) in [4.78, 5) is 14.8. The summed E-state index contributed by atoms with van der Waals surface area (Å²) in [5, 5.41) is 3.10. The van der Waals surface area contributed by atoms with Gasteiger partial charge in [-0.3, -0.25) is 9.69 Å². The number of nitrogens with zero attached hydrogens (tertiary/aromatic N) is 1. The molecule has 0 bridgehead atoms. The summed E-state index contributed by atoms with van der Waals surface area (Å²) >= 11 is 0. The lowest BCUT2D eigenvalue weighted by atomic mass is 9.82. The zero-order valence-corrected chi connectivity index (χ0v) is 13.2. The third-order valence-electron chi connectivity index (χ3n) is 5.07. The summed E-state index contributed by atoms with van der Waals surface area (Å²) < 4.78 is 0. The molecule has 4 heteroatoms. The van der Waals surface area contributed by atoms with E-state index < -0.39 is 5.54 Å². The van der Waals surface area contributed by atoms with Gasteiger partial charge in [0, 0.05) is 19.1 Å². The summed E-state index contributed by atoms with van der Waals surface area (Å²) in [6, 6.07) is 0.411. The maximum Gasteiger partial charge on any atom is 0.240 e. The number of amides is 1. The molecular weight excluding hydrogens is 250 g/mol. The molecule has 1 aliphatic carbocycles. The van der Waals surface area contributed by atoms with E-state index in [9.17, 15) is 4.79 Å². The number of likely N-dealkylation sites (tertiary alicyclic amines) is 1. The molecule has 1 saturated heterocycles. The molecule has 0 aromatic rings. The summed E-state index contributed by atoms with van der Waals surface area (Å²) in [6.45, 7) is 7.57. The molecule has 1 amide bonds. The van der Waals surface area contributed by atoms with Gasteiger partial charge in [-0.25, -0.2) is 0 Å². The average molecular weight is 281 g/mol. The van der Waals surface area contributed by atoms with Crippen LogP contribution in [0.1, 0.15) is 58.8 Å². The molecule has 20 heavy (non-hydrogen) atoms. The Morgan fingerprint density at radius 2 is 2.05 bits per heavy atom. The van der Waals surface area contributed by atoms with Crippen LogP contribution in [-0.2, 0) is 4.79 Å². The Labute approximate surface area is 123 Å². The highest BCUT2D eigenvalue weighted by molar-refractivity contribution is 5.86. The van der Waals surface area contributed by atoms with E-state index in [0.717, 1.165) is 51.2 Å². The van der Waals surface area contributed by atoms with Crippen molar-refractivity contribution in [3.63, 3.8) is 0 Å². The molecule has 3 N–H and O–H groups in total. The van der Waals surface area contributed by atoms with E-state index in [1.165, 1.54) is 19.3 Å². The minimum atomic E-state index is -0.604. The van der Waals surface area contributed by atoms with Crippen molar-refractivity contribution < 1.29 is 4.79 Å². The Hall–Kier alpha value is -0.610. The zero-order valence-electron chi connectivity index (χ0n) is 13.2. The van der Waals surface area contributed by atoms with Crippen molar-refractivity contribution in [1.82, 2.24) is 10.2 Å². The highest BCUT2D eigenvalue weighted by atomic mass is 16.2. The zero-order chi connectivity index (χ0) is 14.6. The molecule has 2 rings (SSSR count). The second-order valence-electron chi connectivity index (χ2n) is 7.02. The molecule has 116 valence electrons. The van der Waals surface area contributed by atoms with Crippen LogP contribution in [0.2, 0.25) is 0 Å². The lowest BCUT2D eigenvalue weighted by molar-refractivity contribution is -0.127. The van der Waals surface area contributed by atoms with Crippen molar-refractivity contribution in [2.45, 2.75) is 70.4 Å². The Kier molecular flexibility index (Phi) is 5.44. The number of nitrogens with two attached hydrogens (primary N) is 1. The molecule has 0 spiro atoms. The van der Waals surface area contributed by atoms with Crippen molar-refractivity contribution in [3.8, 4) is 0 Å². The molecule has 0 radical (unpaired) electrons. The number of hydrogen-bond acceptors (Lipinski definition) is 3. The van der Waals surface area contributed by atoms with Crippen molar-refractivity contribution in [2.75, 3.05) is 19.6 Å². The predicted molar refractivity (Wildman–Crippen MR) is 82.4 cm³/mol. The van der Waals surface area contributed by atoms with Crippen LogP contribution in [0, 0.1) is 5.92 Å². The van der Waals surface area contributed by atoms with Crippen LogP contribution in [-0.4, -0.2) is 42.0 Å². The molecule has 2 unspecified atom stereocenters. The first-order valence-electron chi connectivity index (χ1n) is 8.32. The second-order valence-corrected chi connectivity index (χ2v) is 7.02. The van der Waals surface area contributed by atoms with Crippen LogP contribution in [0.3, 0.4) is 0 Å². The summed E-state index contributed by atoms with van der Waals surface area (Å²) in [6.07, 6.45) is 7.68. The minimum Gasteiger partial charge on any atom is -0.353 e. The summed E-state index contributed by atoms with van der Waals surface area (Å²) in [5.41, 5.74) is 5.66. The minimum absolute atomic E-state index is 0.0640. The predicted octanol–water partition coefficient (Wildman–Crippen LogP) is 1.88. The quantitative estimate of drug-likeness (QED) is 0.827. The van der Waals surface area contributed by atoms with Gasteiger partial charge in [0.2, 0.25) is 5.91 Å². The highest BCUT2D eigenvalue weighted by Crippen LogP contribution is 2.26. The van der Waals surface area contributed by atoms with Crippen molar-refractivity contribution in [3.05, 3.63) is 0 Å².